The standard InChI is InChI=1S/C19H25NS/c1-14-10-15(2)19(16(3)11-14)12-17(20-4)13-21-18-8-6-5-7-9-18/h5-11,17,20H,12-13H2,1-4H3. The molecule has 0 radical (unpaired) electrons. The van der Waals surface area contributed by atoms with Gasteiger partial charge in [0.2, 0.25) is 0 Å². The van der Waals surface area contributed by atoms with Crippen LogP contribution in [0.5, 0.6) is 0 Å². The van der Waals surface area contributed by atoms with E-state index < -0.39 is 0 Å². The van der Waals surface area contributed by atoms with Crippen LogP contribution in [0.15, 0.2) is 47.4 Å². The van der Waals surface area contributed by atoms with E-state index in [0.29, 0.717) is 6.04 Å². The first-order valence-electron chi connectivity index (χ1n) is 7.52. The Morgan fingerprint density at radius 2 is 1.62 bits per heavy atom. The number of likely N-dealkylation sites (N-methyl/N-ethyl adjacent to an activating group) is 1. The zero-order chi connectivity index (χ0) is 15.2. The highest BCUT2D eigenvalue weighted by Gasteiger charge is 2.12. The number of nitrogens with one attached hydrogen (secondary N) is 1. The Morgan fingerprint density at radius 1 is 1.00 bits per heavy atom. The minimum absolute atomic E-state index is 0.496. The molecule has 2 aromatic carbocycles. The highest BCUT2D eigenvalue weighted by Crippen LogP contribution is 2.22. The van der Waals surface area contributed by atoms with E-state index in [-0.39, 0.29) is 0 Å². The van der Waals surface area contributed by atoms with Gasteiger partial charge in [0.25, 0.3) is 0 Å². The molecule has 0 aliphatic carbocycles. The topological polar surface area (TPSA) is 12.0 Å². The molecule has 1 nitrogen and oxygen atoms in total. The van der Waals surface area contributed by atoms with E-state index in [2.05, 4.69) is 75.6 Å². The second-order valence-corrected chi connectivity index (χ2v) is 6.78. The molecular weight excluding hydrogens is 274 g/mol. The Labute approximate surface area is 133 Å². The molecule has 0 aliphatic heterocycles. The molecule has 2 aromatic rings. The van der Waals surface area contributed by atoms with E-state index >= 15 is 0 Å². The normalized spacial score (nSPS) is 12.4. The van der Waals surface area contributed by atoms with Gasteiger partial charge in [-0.05, 0) is 63.1 Å². The van der Waals surface area contributed by atoms with Gasteiger partial charge in [-0.2, -0.15) is 0 Å². The van der Waals surface area contributed by atoms with Gasteiger partial charge in [0, 0.05) is 16.7 Å². The summed E-state index contributed by atoms with van der Waals surface area (Å²) in [7, 11) is 2.06. The van der Waals surface area contributed by atoms with Gasteiger partial charge in [0.05, 0.1) is 0 Å². The smallest absolute Gasteiger partial charge is 0.0199 e. The second kappa shape index (κ2) is 7.67. The third-order valence-corrected chi connectivity index (χ3v) is 5.07. The van der Waals surface area contributed by atoms with Crippen molar-refractivity contribution in [1.82, 2.24) is 5.32 Å². The molecule has 0 aliphatic rings. The molecule has 0 fully saturated rings. The van der Waals surface area contributed by atoms with Gasteiger partial charge < -0.3 is 5.32 Å². The minimum Gasteiger partial charge on any atom is -0.316 e. The molecule has 1 unspecified atom stereocenters. The number of benzene rings is 2. The van der Waals surface area contributed by atoms with E-state index in [1.807, 2.05) is 11.8 Å². The summed E-state index contributed by atoms with van der Waals surface area (Å²) in [5.74, 6) is 1.09. The molecular formula is C19H25NS. The van der Waals surface area contributed by atoms with Crippen LogP contribution in [0.3, 0.4) is 0 Å². The molecule has 2 rings (SSSR count). The fourth-order valence-electron chi connectivity index (χ4n) is 2.74. The summed E-state index contributed by atoms with van der Waals surface area (Å²) in [6, 6.07) is 15.7. The molecule has 1 N–H and O–H groups in total. The van der Waals surface area contributed by atoms with E-state index in [1.54, 1.807) is 0 Å². The van der Waals surface area contributed by atoms with Crippen LogP contribution in [0.4, 0.5) is 0 Å². The minimum atomic E-state index is 0.496. The molecule has 112 valence electrons. The fraction of sp³-hybridized carbons (Fsp3) is 0.368. The molecule has 0 spiro atoms. The summed E-state index contributed by atoms with van der Waals surface area (Å²) in [4.78, 5) is 1.34. The first-order chi connectivity index (χ1) is 10.1. The van der Waals surface area contributed by atoms with E-state index in [1.165, 1.54) is 27.1 Å². The van der Waals surface area contributed by atoms with E-state index in [9.17, 15) is 0 Å². The van der Waals surface area contributed by atoms with Crippen molar-refractivity contribution in [3.05, 3.63) is 64.7 Å². The van der Waals surface area contributed by atoms with Crippen molar-refractivity contribution in [1.29, 1.82) is 0 Å². The lowest BCUT2D eigenvalue weighted by Crippen LogP contribution is -2.30. The van der Waals surface area contributed by atoms with Crippen LogP contribution in [0.1, 0.15) is 22.3 Å². The van der Waals surface area contributed by atoms with Gasteiger partial charge in [-0.15, -0.1) is 11.8 Å². The lowest BCUT2D eigenvalue weighted by atomic mass is 9.95. The van der Waals surface area contributed by atoms with E-state index in [4.69, 9.17) is 0 Å². The SMILES string of the molecule is CNC(CSc1ccccc1)Cc1c(C)cc(C)cc1C. The summed E-state index contributed by atoms with van der Waals surface area (Å²) >= 11 is 1.92. The first kappa shape index (κ1) is 16.1. The van der Waals surface area contributed by atoms with Crippen LogP contribution in [0, 0.1) is 20.8 Å². The maximum Gasteiger partial charge on any atom is 0.0199 e. The van der Waals surface area contributed by atoms with Crippen LogP contribution in [-0.4, -0.2) is 18.8 Å². The number of thioether (sulfide) groups is 1. The predicted octanol–water partition coefficient (Wildman–Crippen LogP) is 4.53. The Hall–Kier alpha value is -1.25. The second-order valence-electron chi connectivity index (χ2n) is 5.69. The Kier molecular flexibility index (Phi) is 5.89. The zero-order valence-electron chi connectivity index (χ0n) is 13.4. The van der Waals surface area contributed by atoms with Gasteiger partial charge in [-0.25, -0.2) is 0 Å². The molecule has 0 saturated carbocycles. The van der Waals surface area contributed by atoms with Gasteiger partial charge in [0.15, 0.2) is 0 Å². The summed E-state index contributed by atoms with van der Waals surface area (Å²) in [5, 5.41) is 3.47. The number of hydrogen-bond acceptors (Lipinski definition) is 2. The third kappa shape index (κ3) is 4.62. The van der Waals surface area contributed by atoms with Crippen molar-refractivity contribution in [2.45, 2.75) is 38.1 Å². The van der Waals surface area contributed by atoms with Crippen molar-refractivity contribution in [2.24, 2.45) is 0 Å². The molecule has 0 bridgehead atoms. The van der Waals surface area contributed by atoms with Crippen molar-refractivity contribution >= 4 is 11.8 Å². The number of rotatable bonds is 6. The number of hydrogen-bond donors (Lipinski definition) is 1. The summed E-state index contributed by atoms with van der Waals surface area (Å²) in [6.45, 7) is 6.63. The van der Waals surface area contributed by atoms with Crippen LogP contribution in [-0.2, 0) is 6.42 Å². The first-order valence-corrected chi connectivity index (χ1v) is 8.50. The van der Waals surface area contributed by atoms with Crippen LogP contribution in [0.25, 0.3) is 0 Å². The quantitative estimate of drug-likeness (QED) is 0.786. The average Bonchev–Trinajstić information content (AvgIpc) is 2.47. The molecule has 21 heavy (non-hydrogen) atoms. The molecule has 0 saturated heterocycles. The highest BCUT2D eigenvalue weighted by molar-refractivity contribution is 7.99. The van der Waals surface area contributed by atoms with E-state index in [0.717, 1.165) is 12.2 Å². The predicted molar refractivity (Wildman–Crippen MR) is 94.4 cm³/mol. The van der Waals surface area contributed by atoms with Gasteiger partial charge in [-0.1, -0.05) is 35.9 Å². The summed E-state index contributed by atoms with van der Waals surface area (Å²) < 4.78 is 0. The Bertz CT molecular complexity index is 554. The highest BCUT2D eigenvalue weighted by atomic mass is 32.2. The summed E-state index contributed by atoms with van der Waals surface area (Å²) in [5.41, 5.74) is 5.68. The molecule has 0 heterocycles. The Morgan fingerprint density at radius 3 is 2.19 bits per heavy atom. The van der Waals surface area contributed by atoms with Crippen molar-refractivity contribution < 1.29 is 0 Å². The monoisotopic (exact) mass is 299 g/mol. The maximum absolute atomic E-state index is 3.47. The van der Waals surface area contributed by atoms with Gasteiger partial charge in [-0.3, -0.25) is 0 Å². The molecule has 0 aromatic heterocycles. The van der Waals surface area contributed by atoms with Crippen molar-refractivity contribution in [3.8, 4) is 0 Å². The maximum atomic E-state index is 3.47. The van der Waals surface area contributed by atoms with Gasteiger partial charge >= 0.3 is 0 Å². The van der Waals surface area contributed by atoms with Crippen LogP contribution >= 0.6 is 11.8 Å². The lowest BCUT2D eigenvalue weighted by Gasteiger charge is -2.19. The molecule has 0 amide bonds. The largest absolute Gasteiger partial charge is 0.316 e. The average molecular weight is 299 g/mol. The van der Waals surface area contributed by atoms with Crippen LogP contribution < -0.4 is 5.32 Å². The molecule has 1 atom stereocenters. The van der Waals surface area contributed by atoms with Crippen molar-refractivity contribution in [3.63, 3.8) is 0 Å². The van der Waals surface area contributed by atoms with Gasteiger partial charge in [0.1, 0.15) is 0 Å². The Balaban J connectivity index is 2.02. The third-order valence-electron chi connectivity index (χ3n) is 3.89. The molecule has 2 heteroatoms. The van der Waals surface area contributed by atoms with Crippen LogP contribution in [0.2, 0.25) is 0 Å². The van der Waals surface area contributed by atoms with Crippen molar-refractivity contribution in [2.75, 3.05) is 12.8 Å². The number of aryl methyl sites for hydroxylation is 3. The zero-order valence-corrected chi connectivity index (χ0v) is 14.3. The fourth-order valence-corrected chi connectivity index (χ4v) is 3.76. The lowest BCUT2D eigenvalue weighted by molar-refractivity contribution is 0.614. The summed E-state index contributed by atoms with van der Waals surface area (Å²) in [6.07, 6.45) is 1.09.